The lowest BCUT2D eigenvalue weighted by Crippen LogP contribution is -2.18. The van der Waals surface area contributed by atoms with E-state index in [2.05, 4.69) is 15.3 Å². The number of benzene rings is 1. The molecule has 31 heavy (non-hydrogen) atoms. The number of thiazole rings is 1. The van der Waals surface area contributed by atoms with Gasteiger partial charge in [0.05, 0.1) is 10.6 Å². The third-order valence-corrected chi connectivity index (χ3v) is 5.73. The second-order valence-electron chi connectivity index (χ2n) is 7.01. The molecule has 0 aliphatic heterocycles. The number of nitriles is 1. The molecule has 0 aliphatic carbocycles. The van der Waals surface area contributed by atoms with Crippen LogP contribution >= 0.6 is 11.3 Å². The summed E-state index contributed by atoms with van der Waals surface area (Å²) in [5.41, 5.74) is 3.30. The topological polar surface area (TPSA) is 142 Å². The van der Waals surface area contributed by atoms with Crippen molar-refractivity contribution >= 4 is 28.1 Å². The summed E-state index contributed by atoms with van der Waals surface area (Å²) in [6.45, 7) is 5.10. The Morgan fingerprint density at radius 3 is 2.77 bits per heavy atom. The minimum Gasteiger partial charge on any atom is -0.325 e. The number of nitro groups is 1. The van der Waals surface area contributed by atoms with Gasteiger partial charge < -0.3 is 10.3 Å². The molecule has 0 saturated carbocycles. The highest BCUT2D eigenvalue weighted by atomic mass is 32.1. The van der Waals surface area contributed by atoms with Crippen LogP contribution in [0.5, 0.6) is 0 Å². The van der Waals surface area contributed by atoms with Crippen LogP contribution in [0.15, 0.2) is 28.4 Å². The van der Waals surface area contributed by atoms with E-state index in [1.807, 2.05) is 6.07 Å². The van der Waals surface area contributed by atoms with Gasteiger partial charge in [-0.15, -0.1) is 11.3 Å². The molecule has 0 aliphatic rings. The first kappa shape index (κ1) is 21.9. The van der Waals surface area contributed by atoms with Gasteiger partial charge in [-0.3, -0.25) is 19.7 Å². The number of nitrogens with one attached hydrogen (secondary N) is 2. The van der Waals surface area contributed by atoms with Gasteiger partial charge in [0.25, 0.3) is 11.2 Å². The first-order valence-electron chi connectivity index (χ1n) is 9.34. The maximum atomic E-state index is 12.4. The second-order valence-corrected chi connectivity index (χ2v) is 7.87. The molecule has 0 spiro atoms. The van der Waals surface area contributed by atoms with Crippen molar-refractivity contribution in [2.75, 3.05) is 5.32 Å². The number of aromatic nitrogens is 2. The number of aryl methyl sites for hydroxylation is 2. The van der Waals surface area contributed by atoms with E-state index in [0.29, 0.717) is 39.6 Å². The fraction of sp³-hybridized carbons (Fsp3) is 0.238. The van der Waals surface area contributed by atoms with Crippen LogP contribution in [0.1, 0.15) is 34.4 Å². The number of nitrogens with zero attached hydrogens (tertiary/aromatic N) is 3. The molecule has 1 aromatic carbocycles. The SMILES string of the molecule is Cc1ccc(-c2csc(NC(=O)CCc3c(C)[nH]c(=O)c(C#N)c3C)n2)cc1[N+](=O)[O-]. The van der Waals surface area contributed by atoms with Gasteiger partial charge in [-0.1, -0.05) is 12.1 Å². The number of hydrogen-bond donors (Lipinski definition) is 2. The Morgan fingerprint density at radius 2 is 2.10 bits per heavy atom. The average Bonchev–Trinajstić information content (AvgIpc) is 3.16. The number of aromatic amines is 1. The van der Waals surface area contributed by atoms with Gasteiger partial charge in [0.1, 0.15) is 11.6 Å². The number of anilines is 1. The highest BCUT2D eigenvalue weighted by Gasteiger charge is 2.16. The largest absolute Gasteiger partial charge is 0.325 e. The monoisotopic (exact) mass is 437 g/mol. The molecule has 3 rings (SSSR count). The second kappa shape index (κ2) is 8.89. The Balaban J connectivity index is 1.71. The van der Waals surface area contributed by atoms with Crippen molar-refractivity contribution in [1.29, 1.82) is 5.26 Å². The maximum Gasteiger partial charge on any atom is 0.272 e. The summed E-state index contributed by atoms with van der Waals surface area (Å²) in [6.07, 6.45) is 0.501. The van der Waals surface area contributed by atoms with E-state index in [9.17, 15) is 19.7 Å². The standard InChI is InChI=1S/C21H19N5O4S/c1-11-4-5-14(8-18(11)26(29)30)17-10-31-21(24-17)25-19(27)7-6-15-12(2)16(9-22)20(28)23-13(15)3/h4-5,8,10H,6-7H2,1-3H3,(H,23,28)(H,24,25,27). The summed E-state index contributed by atoms with van der Waals surface area (Å²) in [5.74, 6) is -0.265. The summed E-state index contributed by atoms with van der Waals surface area (Å²) in [6, 6.07) is 6.77. The first-order chi connectivity index (χ1) is 14.7. The van der Waals surface area contributed by atoms with Crippen molar-refractivity contribution in [3.63, 3.8) is 0 Å². The highest BCUT2D eigenvalue weighted by molar-refractivity contribution is 7.14. The summed E-state index contributed by atoms with van der Waals surface area (Å²) in [4.78, 5) is 41.9. The molecule has 0 saturated heterocycles. The minimum absolute atomic E-state index is 0.0134. The zero-order valence-corrected chi connectivity index (χ0v) is 17.9. The van der Waals surface area contributed by atoms with E-state index in [1.54, 1.807) is 38.3 Å². The van der Waals surface area contributed by atoms with Crippen molar-refractivity contribution in [3.8, 4) is 17.3 Å². The zero-order valence-electron chi connectivity index (χ0n) is 17.1. The molecule has 9 nitrogen and oxygen atoms in total. The van der Waals surface area contributed by atoms with E-state index in [-0.39, 0.29) is 23.6 Å². The van der Waals surface area contributed by atoms with Gasteiger partial charge in [-0.2, -0.15) is 5.26 Å². The van der Waals surface area contributed by atoms with Crippen LogP contribution < -0.4 is 10.9 Å². The number of carbonyl (C=O) groups is 1. The summed E-state index contributed by atoms with van der Waals surface area (Å²) in [5, 5.41) is 25.1. The number of carbonyl (C=O) groups excluding carboxylic acids is 1. The van der Waals surface area contributed by atoms with Crippen LogP contribution in [0.2, 0.25) is 0 Å². The predicted octanol–water partition coefficient (Wildman–Crippen LogP) is 3.77. The molecule has 2 heterocycles. The molecule has 2 aromatic heterocycles. The van der Waals surface area contributed by atoms with Gasteiger partial charge in [0.2, 0.25) is 5.91 Å². The lowest BCUT2D eigenvalue weighted by molar-refractivity contribution is -0.385. The van der Waals surface area contributed by atoms with Crippen molar-refractivity contribution in [2.45, 2.75) is 33.6 Å². The Morgan fingerprint density at radius 1 is 1.35 bits per heavy atom. The molecule has 0 bridgehead atoms. The Bertz CT molecular complexity index is 1290. The Kier molecular flexibility index (Phi) is 6.27. The Labute approximate surface area is 181 Å². The maximum absolute atomic E-state index is 12.4. The van der Waals surface area contributed by atoms with Crippen LogP contribution in [0.25, 0.3) is 11.3 Å². The van der Waals surface area contributed by atoms with Crippen LogP contribution in [0.3, 0.4) is 0 Å². The molecule has 0 radical (unpaired) electrons. The predicted molar refractivity (Wildman–Crippen MR) is 117 cm³/mol. The van der Waals surface area contributed by atoms with Crippen LogP contribution in [-0.4, -0.2) is 20.8 Å². The van der Waals surface area contributed by atoms with Gasteiger partial charge in [0.15, 0.2) is 5.13 Å². The molecule has 0 unspecified atom stereocenters. The molecule has 1 amide bonds. The molecule has 0 fully saturated rings. The molecular weight excluding hydrogens is 418 g/mol. The molecule has 0 atom stereocenters. The molecule has 2 N–H and O–H groups in total. The first-order valence-corrected chi connectivity index (χ1v) is 10.2. The third kappa shape index (κ3) is 4.67. The van der Waals surface area contributed by atoms with Crippen LogP contribution in [-0.2, 0) is 11.2 Å². The normalized spacial score (nSPS) is 10.5. The van der Waals surface area contributed by atoms with Gasteiger partial charge >= 0.3 is 0 Å². The lowest BCUT2D eigenvalue weighted by atomic mass is 9.99. The van der Waals surface area contributed by atoms with E-state index < -0.39 is 10.5 Å². The van der Waals surface area contributed by atoms with E-state index in [4.69, 9.17) is 5.26 Å². The molecular formula is C21H19N5O4S. The number of pyridine rings is 1. The fourth-order valence-electron chi connectivity index (χ4n) is 3.27. The minimum atomic E-state index is -0.438. The smallest absolute Gasteiger partial charge is 0.272 e. The van der Waals surface area contributed by atoms with E-state index in [0.717, 1.165) is 5.56 Å². The summed E-state index contributed by atoms with van der Waals surface area (Å²) in [7, 11) is 0. The van der Waals surface area contributed by atoms with E-state index in [1.165, 1.54) is 17.4 Å². The molecule has 158 valence electrons. The lowest BCUT2D eigenvalue weighted by Gasteiger charge is -2.10. The quantitative estimate of drug-likeness (QED) is 0.444. The average molecular weight is 437 g/mol. The number of hydrogen-bond acceptors (Lipinski definition) is 7. The molecule has 10 heteroatoms. The highest BCUT2D eigenvalue weighted by Crippen LogP contribution is 2.29. The number of H-pyrrole nitrogens is 1. The van der Waals surface area contributed by atoms with Gasteiger partial charge in [-0.25, -0.2) is 4.98 Å². The Hall–Kier alpha value is -3.84. The zero-order chi connectivity index (χ0) is 22.7. The summed E-state index contributed by atoms with van der Waals surface area (Å²) < 4.78 is 0. The van der Waals surface area contributed by atoms with E-state index >= 15 is 0 Å². The number of rotatable bonds is 6. The summed E-state index contributed by atoms with van der Waals surface area (Å²) >= 11 is 1.22. The van der Waals surface area contributed by atoms with Crippen molar-refractivity contribution in [1.82, 2.24) is 9.97 Å². The van der Waals surface area contributed by atoms with Crippen molar-refractivity contribution < 1.29 is 9.72 Å². The number of amides is 1. The third-order valence-electron chi connectivity index (χ3n) is 4.97. The van der Waals surface area contributed by atoms with Gasteiger partial charge in [0, 0.05) is 34.7 Å². The van der Waals surface area contributed by atoms with Crippen LogP contribution in [0.4, 0.5) is 10.8 Å². The van der Waals surface area contributed by atoms with Crippen LogP contribution in [0, 0.1) is 42.2 Å². The molecule has 3 aromatic rings. The van der Waals surface area contributed by atoms with Crippen molar-refractivity contribution in [3.05, 3.63) is 72.0 Å². The fourth-order valence-corrected chi connectivity index (χ4v) is 4.01. The van der Waals surface area contributed by atoms with Crippen molar-refractivity contribution in [2.24, 2.45) is 0 Å². The number of nitro benzene ring substituents is 1. The van der Waals surface area contributed by atoms with Gasteiger partial charge in [-0.05, 0) is 38.3 Å².